The number of anilines is 1. The summed E-state index contributed by atoms with van der Waals surface area (Å²) >= 11 is 3.32. The fraction of sp³-hybridized carbons (Fsp3) is 0.100. The van der Waals surface area contributed by atoms with Crippen LogP contribution in [0.15, 0.2) is 73.6 Å². The number of fused-ring (bicyclic) bond motifs is 2. The minimum Gasteiger partial charge on any atom is -0.463 e. The van der Waals surface area contributed by atoms with Crippen molar-refractivity contribution in [3.63, 3.8) is 0 Å². The van der Waals surface area contributed by atoms with Crippen LogP contribution in [-0.4, -0.2) is 23.6 Å². The van der Waals surface area contributed by atoms with Gasteiger partial charge in [-0.15, -0.1) is 0 Å². The molecule has 1 fully saturated rings. The van der Waals surface area contributed by atoms with Gasteiger partial charge in [-0.25, -0.2) is 4.90 Å². The van der Waals surface area contributed by atoms with E-state index in [1.807, 2.05) is 0 Å². The highest BCUT2D eigenvalue weighted by atomic mass is 79.9. The van der Waals surface area contributed by atoms with E-state index in [0.717, 1.165) is 9.37 Å². The number of nitrogens with zero attached hydrogens (tertiary/aromatic N) is 2. The molecular formula is C20H11BrN2O5. The third-order valence-corrected chi connectivity index (χ3v) is 5.38. The number of benzene rings is 2. The summed E-state index contributed by atoms with van der Waals surface area (Å²) in [5.41, 5.74) is 0.762. The fourth-order valence-corrected chi connectivity index (χ4v) is 3.76. The Morgan fingerprint density at radius 2 is 1.71 bits per heavy atom. The van der Waals surface area contributed by atoms with E-state index < -0.39 is 23.8 Å². The molecule has 2 unspecified atom stereocenters. The van der Waals surface area contributed by atoms with E-state index in [-0.39, 0.29) is 16.7 Å². The van der Waals surface area contributed by atoms with E-state index in [2.05, 4.69) is 21.1 Å². The maximum Gasteiger partial charge on any atom is 0.278 e. The molecule has 0 radical (unpaired) electrons. The lowest BCUT2D eigenvalue weighted by molar-refractivity contribution is -0.126. The summed E-state index contributed by atoms with van der Waals surface area (Å²) < 4.78 is 6.34. The Hall–Kier alpha value is -3.26. The minimum absolute atomic E-state index is 0.113. The number of hydrogen-bond donors (Lipinski definition) is 0. The molecule has 28 heavy (non-hydrogen) atoms. The zero-order valence-corrected chi connectivity index (χ0v) is 15.8. The van der Waals surface area contributed by atoms with Crippen molar-refractivity contribution in [3.05, 3.63) is 75.1 Å². The van der Waals surface area contributed by atoms with E-state index in [1.54, 1.807) is 48.5 Å². The van der Waals surface area contributed by atoms with Gasteiger partial charge >= 0.3 is 0 Å². The number of imide groups is 1. The van der Waals surface area contributed by atoms with Crippen LogP contribution in [0.3, 0.4) is 0 Å². The molecule has 2 aromatic carbocycles. The van der Waals surface area contributed by atoms with Crippen molar-refractivity contribution in [1.82, 2.24) is 0 Å². The van der Waals surface area contributed by atoms with Gasteiger partial charge in [-0.2, -0.15) is 0 Å². The van der Waals surface area contributed by atoms with Crippen molar-refractivity contribution in [2.45, 2.75) is 6.10 Å². The average Bonchev–Trinajstić information content (AvgIpc) is 3.24. The first-order valence-corrected chi connectivity index (χ1v) is 9.23. The molecule has 0 spiro atoms. The number of amides is 2. The molecule has 5 rings (SSSR count). The summed E-state index contributed by atoms with van der Waals surface area (Å²) in [7, 11) is 0. The van der Waals surface area contributed by atoms with Crippen LogP contribution in [0, 0.1) is 5.92 Å². The predicted molar refractivity (Wildman–Crippen MR) is 104 cm³/mol. The number of hydrogen-bond acceptors (Lipinski definition) is 6. The molecule has 3 aromatic rings. The molecule has 8 heteroatoms. The average molecular weight is 439 g/mol. The molecule has 0 aliphatic carbocycles. The summed E-state index contributed by atoms with van der Waals surface area (Å²) in [6.45, 7) is 0. The van der Waals surface area contributed by atoms with Crippen LogP contribution in [0.2, 0.25) is 0 Å². The van der Waals surface area contributed by atoms with Crippen LogP contribution in [0.25, 0.3) is 11.0 Å². The monoisotopic (exact) mass is 438 g/mol. The van der Waals surface area contributed by atoms with Crippen LogP contribution >= 0.6 is 15.9 Å². The Labute approximate surface area is 166 Å². The minimum atomic E-state index is -1.09. The van der Waals surface area contributed by atoms with Crippen molar-refractivity contribution < 1.29 is 18.8 Å². The zero-order chi connectivity index (χ0) is 19.4. The highest BCUT2D eigenvalue weighted by Gasteiger charge is 2.56. The van der Waals surface area contributed by atoms with Gasteiger partial charge in [-0.3, -0.25) is 14.4 Å². The Bertz CT molecular complexity index is 1230. The Morgan fingerprint density at radius 1 is 0.964 bits per heavy atom. The molecular weight excluding hydrogens is 428 g/mol. The maximum atomic E-state index is 13.0. The molecule has 1 aromatic heterocycles. The highest BCUT2D eigenvalue weighted by molar-refractivity contribution is 9.10. The maximum absolute atomic E-state index is 13.0. The first kappa shape index (κ1) is 16.9. The third-order valence-electron chi connectivity index (χ3n) is 4.85. The first-order valence-electron chi connectivity index (χ1n) is 8.44. The van der Waals surface area contributed by atoms with Crippen LogP contribution in [0.1, 0.15) is 5.56 Å². The lowest BCUT2D eigenvalue weighted by Gasteiger charge is -2.15. The van der Waals surface area contributed by atoms with Gasteiger partial charge in [0.25, 0.3) is 5.91 Å². The van der Waals surface area contributed by atoms with E-state index in [1.165, 1.54) is 6.26 Å². The normalized spacial score (nSPS) is 21.0. The summed E-state index contributed by atoms with van der Waals surface area (Å²) in [6.07, 6.45) is 0.173. The first-order chi connectivity index (χ1) is 13.6. The summed E-state index contributed by atoms with van der Waals surface area (Å²) in [5.74, 6) is -1.98. The second-order valence-electron chi connectivity index (χ2n) is 6.44. The van der Waals surface area contributed by atoms with E-state index in [4.69, 9.17) is 9.25 Å². The summed E-state index contributed by atoms with van der Waals surface area (Å²) in [4.78, 5) is 45.0. The van der Waals surface area contributed by atoms with Gasteiger partial charge < -0.3 is 9.25 Å². The van der Waals surface area contributed by atoms with E-state index in [0.29, 0.717) is 16.7 Å². The molecule has 0 bridgehead atoms. The molecule has 0 saturated carbocycles. The number of oxime groups is 1. The van der Waals surface area contributed by atoms with Gasteiger partial charge in [0.1, 0.15) is 23.5 Å². The standard InChI is InChI=1S/C20H11BrN2O5/c21-10-5-7-11(8-6-10)23-19(25)15-16(22-28-18(15)20(23)26)13-9-27-14-4-2-1-3-12(14)17(13)24/h1-9,15,18H. The molecule has 2 atom stereocenters. The highest BCUT2D eigenvalue weighted by Crippen LogP contribution is 2.35. The van der Waals surface area contributed by atoms with Gasteiger partial charge in [0.2, 0.25) is 17.4 Å². The van der Waals surface area contributed by atoms with E-state index in [9.17, 15) is 14.4 Å². The Kier molecular flexibility index (Phi) is 3.70. The summed E-state index contributed by atoms with van der Waals surface area (Å²) in [6, 6.07) is 13.6. The van der Waals surface area contributed by atoms with Crippen molar-refractivity contribution >= 4 is 50.1 Å². The van der Waals surface area contributed by atoms with Gasteiger partial charge in [0, 0.05) is 4.47 Å². The second kappa shape index (κ2) is 6.13. The van der Waals surface area contributed by atoms with Crippen LogP contribution < -0.4 is 10.3 Å². The van der Waals surface area contributed by atoms with Crippen LogP contribution in [0.5, 0.6) is 0 Å². The number of carbonyl (C=O) groups is 2. The number of para-hydroxylation sites is 1. The molecule has 2 aliphatic heterocycles. The molecule has 0 N–H and O–H groups in total. The van der Waals surface area contributed by atoms with Crippen molar-refractivity contribution in [1.29, 1.82) is 0 Å². The van der Waals surface area contributed by atoms with Gasteiger partial charge in [-0.05, 0) is 36.4 Å². The molecule has 3 heterocycles. The third kappa shape index (κ3) is 2.34. The fourth-order valence-electron chi connectivity index (χ4n) is 3.50. The second-order valence-corrected chi connectivity index (χ2v) is 7.36. The SMILES string of the molecule is O=C1C2ON=C(c3coc4ccccc4c3=O)C2C(=O)N1c1ccc(Br)cc1. The lowest BCUT2D eigenvalue weighted by Crippen LogP contribution is -2.33. The number of halogens is 1. The number of carbonyl (C=O) groups excluding carboxylic acids is 2. The van der Waals surface area contributed by atoms with Gasteiger partial charge in [0.05, 0.1) is 16.6 Å². The molecule has 2 amide bonds. The molecule has 2 aliphatic rings. The van der Waals surface area contributed by atoms with Crippen molar-refractivity contribution in [2.75, 3.05) is 4.90 Å². The van der Waals surface area contributed by atoms with Gasteiger partial charge in [0.15, 0.2) is 0 Å². The largest absolute Gasteiger partial charge is 0.463 e. The van der Waals surface area contributed by atoms with Crippen molar-refractivity contribution in [3.8, 4) is 0 Å². The molecule has 7 nitrogen and oxygen atoms in total. The van der Waals surface area contributed by atoms with Crippen LogP contribution in [-0.2, 0) is 14.4 Å². The molecule has 1 saturated heterocycles. The quantitative estimate of drug-likeness (QED) is 0.573. The topological polar surface area (TPSA) is 89.2 Å². The Balaban J connectivity index is 1.57. The lowest BCUT2D eigenvalue weighted by atomic mass is 9.94. The van der Waals surface area contributed by atoms with Crippen LogP contribution in [0.4, 0.5) is 5.69 Å². The van der Waals surface area contributed by atoms with Crippen molar-refractivity contribution in [2.24, 2.45) is 11.1 Å². The van der Waals surface area contributed by atoms with Gasteiger partial charge in [-0.1, -0.05) is 33.2 Å². The zero-order valence-electron chi connectivity index (χ0n) is 14.2. The van der Waals surface area contributed by atoms with E-state index >= 15 is 0 Å². The predicted octanol–water partition coefficient (Wildman–Crippen LogP) is 2.85. The summed E-state index contributed by atoms with van der Waals surface area (Å²) in [5, 5.41) is 4.25. The Morgan fingerprint density at radius 3 is 2.50 bits per heavy atom. The molecule has 138 valence electrons. The smallest absolute Gasteiger partial charge is 0.278 e. The number of rotatable bonds is 2.